The van der Waals surface area contributed by atoms with Gasteiger partial charge in [0.15, 0.2) is 17.5 Å². The number of carbonyl (C=O) groups is 1. The average molecular weight is 434 g/mol. The summed E-state index contributed by atoms with van der Waals surface area (Å²) in [6.45, 7) is 10.2. The molecule has 0 aromatic heterocycles. The summed E-state index contributed by atoms with van der Waals surface area (Å²) in [5, 5.41) is 9.51. The van der Waals surface area contributed by atoms with Gasteiger partial charge in [-0.3, -0.25) is 4.79 Å². The van der Waals surface area contributed by atoms with Gasteiger partial charge in [-0.15, -0.1) is 0 Å². The Morgan fingerprint density at radius 1 is 1.19 bits per heavy atom. The van der Waals surface area contributed by atoms with Gasteiger partial charge in [0.1, 0.15) is 6.54 Å². The zero-order valence-electron chi connectivity index (χ0n) is 19.0. The van der Waals surface area contributed by atoms with Crippen LogP contribution in [0, 0.1) is 0 Å². The van der Waals surface area contributed by atoms with Crippen molar-refractivity contribution in [3.05, 3.63) is 18.2 Å². The Kier molecular flexibility index (Phi) is 7.97. The Labute approximate surface area is 184 Å². The van der Waals surface area contributed by atoms with Gasteiger partial charge in [0.05, 0.1) is 25.9 Å². The van der Waals surface area contributed by atoms with Gasteiger partial charge in [-0.05, 0) is 40.0 Å². The average Bonchev–Trinajstić information content (AvgIpc) is 2.94. The number of nitrogens with zero attached hydrogens (tertiary/aromatic N) is 2. The number of rotatable bonds is 5. The first-order valence-corrected chi connectivity index (χ1v) is 10.8. The fourth-order valence-electron chi connectivity index (χ4n) is 3.33. The minimum absolute atomic E-state index is 0.0165. The highest BCUT2D eigenvalue weighted by atomic mass is 16.5. The van der Waals surface area contributed by atoms with E-state index in [1.807, 2.05) is 39.0 Å². The van der Waals surface area contributed by atoms with Crippen LogP contribution < -0.4 is 25.4 Å². The molecule has 1 atom stereocenters. The molecule has 0 saturated carbocycles. The number of nitrogens with one attached hydrogen (secondary N) is 3. The van der Waals surface area contributed by atoms with Crippen molar-refractivity contribution < 1.29 is 19.0 Å². The molecule has 172 valence electrons. The van der Waals surface area contributed by atoms with Crippen molar-refractivity contribution >= 4 is 17.6 Å². The highest BCUT2D eigenvalue weighted by Gasteiger charge is 2.19. The number of fused-ring (bicyclic) bond motifs is 1. The quantitative estimate of drug-likeness (QED) is 0.478. The van der Waals surface area contributed by atoms with E-state index in [1.54, 1.807) is 0 Å². The van der Waals surface area contributed by atoms with Crippen molar-refractivity contribution in [2.75, 3.05) is 58.4 Å². The Bertz CT molecular complexity index is 778. The van der Waals surface area contributed by atoms with E-state index in [9.17, 15) is 4.79 Å². The number of aliphatic imine (C=N–C) groups is 1. The van der Waals surface area contributed by atoms with Crippen molar-refractivity contribution in [3.8, 4) is 11.5 Å². The van der Waals surface area contributed by atoms with Crippen molar-refractivity contribution in [2.24, 2.45) is 4.99 Å². The molecular weight excluding hydrogens is 398 g/mol. The van der Waals surface area contributed by atoms with Crippen LogP contribution in [0.4, 0.5) is 5.69 Å². The molecule has 2 aliphatic rings. The molecular formula is C22H35N5O4. The molecule has 3 rings (SSSR count). The third-order valence-corrected chi connectivity index (χ3v) is 4.74. The SMILES string of the molecule is CN1CCOC(CNC(=NCC(=O)NC(C)(C)C)Nc2ccc3c(c2)OCCCO3)C1. The summed E-state index contributed by atoms with van der Waals surface area (Å²) in [6, 6.07) is 5.68. The van der Waals surface area contributed by atoms with Gasteiger partial charge in [-0.25, -0.2) is 4.99 Å². The van der Waals surface area contributed by atoms with Crippen LogP contribution in [-0.4, -0.2) is 81.5 Å². The lowest BCUT2D eigenvalue weighted by molar-refractivity contribution is -0.121. The maximum atomic E-state index is 12.3. The van der Waals surface area contributed by atoms with Gasteiger partial charge in [-0.2, -0.15) is 0 Å². The molecule has 2 heterocycles. The Balaban J connectivity index is 1.67. The predicted octanol–water partition coefficient (Wildman–Crippen LogP) is 1.45. The lowest BCUT2D eigenvalue weighted by atomic mass is 10.1. The zero-order valence-corrected chi connectivity index (χ0v) is 19.0. The van der Waals surface area contributed by atoms with Crippen LogP contribution in [0.2, 0.25) is 0 Å². The molecule has 1 unspecified atom stereocenters. The number of ether oxygens (including phenoxy) is 3. The van der Waals surface area contributed by atoms with Crippen LogP contribution >= 0.6 is 0 Å². The Morgan fingerprint density at radius 3 is 2.71 bits per heavy atom. The van der Waals surface area contributed by atoms with Crippen LogP contribution in [0.5, 0.6) is 11.5 Å². The monoisotopic (exact) mass is 433 g/mol. The first-order valence-electron chi connectivity index (χ1n) is 10.8. The van der Waals surface area contributed by atoms with Crippen molar-refractivity contribution in [1.29, 1.82) is 0 Å². The molecule has 1 amide bonds. The molecule has 0 radical (unpaired) electrons. The van der Waals surface area contributed by atoms with Crippen molar-refractivity contribution in [2.45, 2.75) is 38.8 Å². The molecule has 2 aliphatic heterocycles. The van der Waals surface area contributed by atoms with E-state index in [0.717, 1.165) is 30.9 Å². The number of hydrogen-bond donors (Lipinski definition) is 3. The molecule has 0 spiro atoms. The van der Waals surface area contributed by atoms with Crippen LogP contribution in [0.1, 0.15) is 27.2 Å². The van der Waals surface area contributed by atoms with E-state index >= 15 is 0 Å². The third-order valence-electron chi connectivity index (χ3n) is 4.74. The number of guanidine groups is 1. The first-order chi connectivity index (χ1) is 14.8. The molecule has 1 aromatic rings. The van der Waals surface area contributed by atoms with Gasteiger partial charge in [0, 0.05) is 43.3 Å². The van der Waals surface area contributed by atoms with E-state index in [-0.39, 0.29) is 24.1 Å². The minimum Gasteiger partial charge on any atom is -0.490 e. The predicted molar refractivity (Wildman–Crippen MR) is 121 cm³/mol. The standard InChI is InChI=1S/C22H35N5O4/c1-22(2,3)26-20(28)14-24-21(23-13-17-15-27(4)8-11-29-17)25-16-6-7-18-19(12-16)31-10-5-9-30-18/h6-7,12,17H,5,8-11,13-15H2,1-4H3,(H,26,28)(H2,23,24,25). The van der Waals surface area contributed by atoms with Gasteiger partial charge in [0.25, 0.3) is 0 Å². The first kappa shape index (κ1) is 23.1. The highest BCUT2D eigenvalue weighted by Crippen LogP contribution is 2.32. The molecule has 3 N–H and O–H groups in total. The molecule has 0 aliphatic carbocycles. The number of carbonyl (C=O) groups excluding carboxylic acids is 1. The second-order valence-electron chi connectivity index (χ2n) is 8.94. The van der Waals surface area contributed by atoms with Crippen molar-refractivity contribution in [1.82, 2.24) is 15.5 Å². The minimum atomic E-state index is -0.303. The topological polar surface area (TPSA) is 96.5 Å². The number of benzene rings is 1. The van der Waals surface area contributed by atoms with Gasteiger partial charge in [-0.1, -0.05) is 0 Å². The van der Waals surface area contributed by atoms with Gasteiger partial charge >= 0.3 is 0 Å². The number of hydrogen-bond acceptors (Lipinski definition) is 6. The zero-order chi connectivity index (χ0) is 22.3. The Hall–Kier alpha value is -2.52. The summed E-state index contributed by atoms with van der Waals surface area (Å²) < 4.78 is 17.3. The fraction of sp³-hybridized carbons (Fsp3) is 0.636. The maximum absolute atomic E-state index is 12.3. The molecule has 9 nitrogen and oxygen atoms in total. The largest absolute Gasteiger partial charge is 0.490 e. The van der Waals surface area contributed by atoms with Crippen molar-refractivity contribution in [3.63, 3.8) is 0 Å². The Morgan fingerprint density at radius 2 is 1.97 bits per heavy atom. The molecule has 1 aromatic carbocycles. The number of amides is 1. The highest BCUT2D eigenvalue weighted by molar-refractivity contribution is 5.95. The fourth-order valence-corrected chi connectivity index (χ4v) is 3.33. The number of anilines is 1. The van der Waals surface area contributed by atoms with E-state index in [2.05, 4.69) is 32.9 Å². The second kappa shape index (κ2) is 10.7. The van der Waals surface area contributed by atoms with Crippen LogP contribution in [0.3, 0.4) is 0 Å². The maximum Gasteiger partial charge on any atom is 0.242 e. The van der Waals surface area contributed by atoms with Gasteiger partial charge < -0.3 is 35.1 Å². The lowest BCUT2D eigenvalue weighted by Crippen LogP contribution is -2.47. The van der Waals surface area contributed by atoms with Crippen LogP contribution in [-0.2, 0) is 9.53 Å². The summed E-state index contributed by atoms with van der Waals surface area (Å²) >= 11 is 0. The van der Waals surface area contributed by atoms with E-state index in [0.29, 0.717) is 38.1 Å². The normalized spacial score (nSPS) is 20.0. The summed E-state index contributed by atoms with van der Waals surface area (Å²) in [6.07, 6.45) is 0.905. The summed E-state index contributed by atoms with van der Waals surface area (Å²) in [7, 11) is 2.08. The van der Waals surface area contributed by atoms with Crippen LogP contribution in [0.25, 0.3) is 0 Å². The third kappa shape index (κ3) is 7.91. The lowest BCUT2D eigenvalue weighted by Gasteiger charge is -2.30. The molecule has 0 bridgehead atoms. The number of morpholine rings is 1. The second-order valence-corrected chi connectivity index (χ2v) is 8.94. The molecule has 1 fully saturated rings. The van der Waals surface area contributed by atoms with Gasteiger partial charge in [0.2, 0.25) is 5.91 Å². The van der Waals surface area contributed by atoms with Crippen LogP contribution in [0.15, 0.2) is 23.2 Å². The van der Waals surface area contributed by atoms with E-state index in [1.165, 1.54) is 0 Å². The number of likely N-dealkylation sites (N-methyl/N-ethyl adjacent to an activating group) is 1. The molecule has 9 heteroatoms. The summed E-state index contributed by atoms with van der Waals surface area (Å²) in [5.74, 6) is 1.80. The van der Waals surface area contributed by atoms with E-state index < -0.39 is 0 Å². The summed E-state index contributed by atoms with van der Waals surface area (Å²) in [4.78, 5) is 19.0. The van der Waals surface area contributed by atoms with E-state index in [4.69, 9.17) is 14.2 Å². The summed E-state index contributed by atoms with van der Waals surface area (Å²) in [5.41, 5.74) is 0.496. The smallest absolute Gasteiger partial charge is 0.242 e. The molecule has 1 saturated heterocycles. The molecule has 31 heavy (non-hydrogen) atoms.